The molecule has 0 unspecified atom stereocenters. The molecule has 1 heterocycles. The number of aromatic nitrogens is 1. The number of carbonyl (C=O) groups excluding carboxylic acids is 2. The van der Waals surface area contributed by atoms with Crippen molar-refractivity contribution < 1.29 is 9.59 Å². The summed E-state index contributed by atoms with van der Waals surface area (Å²) in [6.45, 7) is 0. The fraction of sp³-hybridized carbons (Fsp3) is 0.364. The average Bonchev–Trinajstić information content (AvgIpc) is 2.99. The SMILES string of the molecule is O=C(CC(=O)C1CC1)c1ncc(Cl)cc1Cl. The zero-order valence-electron chi connectivity index (χ0n) is 8.37. The highest BCUT2D eigenvalue weighted by Gasteiger charge is 2.31. The van der Waals surface area contributed by atoms with E-state index in [0.29, 0.717) is 5.02 Å². The van der Waals surface area contributed by atoms with Gasteiger partial charge in [-0.3, -0.25) is 9.59 Å². The molecule has 1 fully saturated rings. The fourth-order valence-corrected chi connectivity index (χ4v) is 1.90. The number of nitrogens with zero attached hydrogens (tertiary/aromatic N) is 1. The second-order valence-corrected chi connectivity index (χ2v) is 4.67. The van der Waals surface area contributed by atoms with Gasteiger partial charge >= 0.3 is 0 Å². The van der Waals surface area contributed by atoms with Gasteiger partial charge in [0.15, 0.2) is 5.78 Å². The van der Waals surface area contributed by atoms with Gasteiger partial charge in [0.05, 0.1) is 16.5 Å². The summed E-state index contributed by atoms with van der Waals surface area (Å²) in [5.74, 6) is -0.272. The van der Waals surface area contributed by atoms with Gasteiger partial charge in [0, 0.05) is 12.1 Å². The Balaban J connectivity index is 2.10. The number of ketones is 2. The fourth-order valence-electron chi connectivity index (χ4n) is 1.41. The maximum atomic E-state index is 11.7. The lowest BCUT2D eigenvalue weighted by atomic mass is 10.1. The van der Waals surface area contributed by atoms with E-state index in [1.54, 1.807) is 0 Å². The van der Waals surface area contributed by atoms with Gasteiger partial charge in [-0.15, -0.1) is 0 Å². The van der Waals surface area contributed by atoms with Crippen molar-refractivity contribution in [2.45, 2.75) is 19.3 Å². The van der Waals surface area contributed by atoms with E-state index in [-0.39, 0.29) is 34.6 Å². The summed E-state index contributed by atoms with van der Waals surface area (Å²) in [4.78, 5) is 27.0. The summed E-state index contributed by atoms with van der Waals surface area (Å²) in [6.07, 6.45) is 3.03. The van der Waals surface area contributed by atoms with Crippen molar-refractivity contribution in [2.75, 3.05) is 0 Å². The molecule has 3 nitrogen and oxygen atoms in total. The first-order valence-corrected chi connectivity index (χ1v) is 5.70. The molecular formula is C11H9Cl2NO2. The smallest absolute Gasteiger partial charge is 0.190 e. The molecule has 1 saturated carbocycles. The zero-order chi connectivity index (χ0) is 11.7. The molecule has 0 bridgehead atoms. The minimum absolute atomic E-state index is 0.0159. The van der Waals surface area contributed by atoms with Gasteiger partial charge in [-0.05, 0) is 18.9 Å². The van der Waals surface area contributed by atoms with Gasteiger partial charge in [-0.25, -0.2) is 4.98 Å². The normalized spacial score (nSPS) is 14.9. The number of hydrogen-bond donors (Lipinski definition) is 0. The van der Waals surface area contributed by atoms with Crippen LogP contribution in [0.3, 0.4) is 0 Å². The van der Waals surface area contributed by atoms with Gasteiger partial charge < -0.3 is 0 Å². The molecule has 0 saturated heterocycles. The van der Waals surface area contributed by atoms with Crippen LogP contribution in [0.5, 0.6) is 0 Å². The van der Waals surface area contributed by atoms with Crippen molar-refractivity contribution in [1.29, 1.82) is 0 Å². The van der Waals surface area contributed by atoms with Crippen molar-refractivity contribution in [2.24, 2.45) is 5.92 Å². The van der Waals surface area contributed by atoms with E-state index >= 15 is 0 Å². The van der Waals surface area contributed by atoms with Crippen molar-refractivity contribution >= 4 is 34.8 Å². The summed E-state index contributed by atoms with van der Waals surface area (Å²) in [6, 6.07) is 1.45. The Kier molecular flexibility index (Phi) is 3.26. The molecule has 1 aromatic heterocycles. The second-order valence-electron chi connectivity index (χ2n) is 3.82. The Labute approximate surface area is 103 Å². The lowest BCUT2D eigenvalue weighted by molar-refractivity contribution is -0.119. The Morgan fingerprint density at radius 3 is 2.62 bits per heavy atom. The highest BCUT2D eigenvalue weighted by Crippen LogP contribution is 2.31. The molecule has 0 aromatic carbocycles. The van der Waals surface area contributed by atoms with E-state index in [9.17, 15) is 9.59 Å². The van der Waals surface area contributed by atoms with Crippen molar-refractivity contribution in [3.8, 4) is 0 Å². The van der Waals surface area contributed by atoms with E-state index in [1.807, 2.05) is 0 Å². The van der Waals surface area contributed by atoms with Crippen LogP contribution in [0, 0.1) is 5.92 Å². The Morgan fingerprint density at radius 2 is 2.06 bits per heavy atom. The van der Waals surface area contributed by atoms with Gasteiger partial charge in [-0.2, -0.15) is 0 Å². The first kappa shape index (κ1) is 11.6. The Hall–Kier alpha value is -0.930. The van der Waals surface area contributed by atoms with Gasteiger partial charge in [0.2, 0.25) is 0 Å². The van der Waals surface area contributed by atoms with Gasteiger partial charge in [-0.1, -0.05) is 23.2 Å². The number of pyridine rings is 1. The maximum absolute atomic E-state index is 11.7. The lowest BCUT2D eigenvalue weighted by Gasteiger charge is -2.01. The van der Waals surface area contributed by atoms with Crippen LogP contribution in [-0.2, 0) is 4.79 Å². The second kappa shape index (κ2) is 4.52. The Morgan fingerprint density at radius 1 is 1.38 bits per heavy atom. The maximum Gasteiger partial charge on any atom is 0.190 e. The summed E-state index contributed by atoms with van der Waals surface area (Å²) < 4.78 is 0. The van der Waals surface area contributed by atoms with Crippen molar-refractivity contribution in [3.63, 3.8) is 0 Å². The minimum Gasteiger partial charge on any atom is -0.299 e. The highest BCUT2D eigenvalue weighted by atomic mass is 35.5. The molecule has 0 amide bonds. The van der Waals surface area contributed by atoms with Crippen LogP contribution < -0.4 is 0 Å². The third-order valence-electron chi connectivity index (χ3n) is 2.44. The summed E-state index contributed by atoms with van der Waals surface area (Å²) in [5, 5.41) is 0.566. The molecule has 5 heteroatoms. The molecule has 0 radical (unpaired) electrons. The minimum atomic E-state index is -0.335. The number of rotatable bonds is 4. The zero-order valence-corrected chi connectivity index (χ0v) is 9.88. The first-order valence-electron chi connectivity index (χ1n) is 4.95. The van der Waals surface area contributed by atoms with E-state index < -0.39 is 0 Å². The molecule has 0 atom stereocenters. The van der Waals surface area contributed by atoms with Gasteiger partial charge in [0.1, 0.15) is 11.5 Å². The molecule has 0 aliphatic heterocycles. The van der Waals surface area contributed by atoms with Crippen molar-refractivity contribution in [1.82, 2.24) is 4.98 Å². The molecule has 1 aromatic rings. The van der Waals surface area contributed by atoms with E-state index in [4.69, 9.17) is 23.2 Å². The monoisotopic (exact) mass is 257 g/mol. The molecule has 0 N–H and O–H groups in total. The largest absolute Gasteiger partial charge is 0.299 e. The van der Waals surface area contributed by atoms with Crippen LogP contribution in [0.15, 0.2) is 12.3 Å². The number of Topliss-reactive ketones (excluding diaryl/α,β-unsaturated/α-hetero) is 2. The number of carbonyl (C=O) groups is 2. The number of halogens is 2. The van der Waals surface area contributed by atoms with Crippen LogP contribution in [0.2, 0.25) is 10.0 Å². The third-order valence-corrected chi connectivity index (χ3v) is 2.93. The van der Waals surface area contributed by atoms with Crippen molar-refractivity contribution in [3.05, 3.63) is 28.0 Å². The Bertz CT molecular complexity index is 455. The predicted octanol–water partition coefficient (Wildman–Crippen LogP) is 2.94. The topological polar surface area (TPSA) is 47.0 Å². The van der Waals surface area contributed by atoms with E-state index in [2.05, 4.69) is 4.98 Å². The average molecular weight is 258 g/mol. The number of hydrogen-bond acceptors (Lipinski definition) is 3. The molecule has 16 heavy (non-hydrogen) atoms. The van der Waals surface area contributed by atoms with E-state index in [0.717, 1.165) is 12.8 Å². The summed E-state index contributed by atoms with van der Waals surface area (Å²) >= 11 is 11.5. The summed E-state index contributed by atoms with van der Waals surface area (Å²) in [5.41, 5.74) is 0.125. The molecule has 2 rings (SSSR count). The molecule has 84 valence electrons. The van der Waals surface area contributed by atoms with E-state index in [1.165, 1.54) is 12.3 Å². The highest BCUT2D eigenvalue weighted by molar-refractivity contribution is 6.36. The quantitative estimate of drug-likeness (QED) is 0.616. The summed E-state index contributed by atoms with van der Waals surface area (Å²) in [7, 11) is 0. The first-order chi connectivity index (χ1) is 7.58. The van der Waals surface area contributed by atoms with Crippen LogP contribution in [0.4, 0.5) is 0 Å². The predicted molar refractivity (Wildman–Crippen MR) is 60.9 cm³/mol. The van der Waals surface area contributed by atoms with Crippen LogP contribution in [0.25, 0.3) is 0 Å². The third kappa shape index (κ3) is 2.60. The molecule has 1 aliphatic carbocycles. The van der Waals surface area contributed by atoms with Crippen LogP contribution in [0.1, 0.15) is 29.8 Å². The molecule has 0 spiro atoms. The van der Waals surface area contributed by atoms with Gasteiger partial charge in [0.25, 0.3) is 0 Å². The standard InChI is InChI=1S/C11H9Cl2NO2/c12-7-3-8(13)11(14-5-7)10(16)4-9(15)6-1-2-6/h3,5-6H,1-2,4H2. The lowest BCUT2D eigenvalue weighted by Crippen LogP contribution is -2.11. The molecular weight excluding hydrogens is 249 g/mol. The molecule has 1 aliphatic rings. The van der Waals surface area contributed by atoms with Crippen LogP contribution in [-0.4, -0.2) is 16.6 Å². The van der Waals surface area contributed by atoms with Crippen LogP contribution >= 0.6 is 23.2 Å².